The summed E-state index contributed by atoms with van der Waals surface area (Å²) in [7, 11) is 0. The number of aryl methyl sites for hydroxylation is 1. The van der Waals surface area contributed by atoms with Crippen LogP contribution in [0.3, 0.4) is 0 Å². The van der Waals surface area contributed by atoms with Gasteiger partial charge in [-0.05, 0) is 66.4 Å². The predicted molar refractivity (Wildman–Crippen MR) is 109 cm³/mol. The number of benzene rings is 2. The highest BCUT2D eigenvalue weighted by atomic mass is 16.5. The first-order chi connectivity index (χ1) is 13.6. The fraction of sp³-hybridized carbons (Fsp3) is 0.217. The Kier molecular flexibility index (Phi) is 4.98. The highest BCUT2D eigenvalue weighted by Gasteiger charge is 2.12. The molecule has 4 aromatic rings. The molecule has 2 aromatic heterocycles. The van der Waals surface area contributed by atoms with Gasteiger partial charge >= 0.3 is 0 Å². The monoisotopic (exact) mass is 373 g/mol. The zero-order valence-electron chi connectivity index (χ0n) is 16.3. The number of nitrogens with zero attached hydrogens (tertiary/aromatic N) is 3. The maximum absolute atomic E-state index is 5.98. The summed E-state index contributed by atoms with van der Waals surface area (Å²) < 4.78 is 13.4. The molecule has 5 heteroatoms. The molecule has 0 amide bonds. The summed E-state index contributed by atoms with van der Waals surface area (Å²) in [5.41, 5.74) is 4.32. The first kappa shape index (κ1) is 18.0. The Hall–Kier alpha value is -3.34. The molecule has 0 aliphatic heterocycles. The van der Waals surface area contributed by atoms with E-state index in [2.05, 4.69) is 43.0 Å². The SMILES string of the molecule is Cc1ccc(C(C)C)c(OCc2nc(-c3ccc(-n4cccc4)cc3)no2)c1. The molecule has 0 aliphatic rings. The van der Waals surface area contributed by atoms with E-state index >= 15 is 0 Å². The lowest BCUT2D eigenvalue weighted by Crippen LogP contribution is -2.00. The molecule has 2 heterocycles. The van der Waals surface area contributed by atoms with Crippen LogP contribution in [0.2, 0.25) is 0 Å². The molecule has 0 saturated carbocycles. The zero-order valence-corrected chi connectivity index (χ0v) is 16.3. The van der Waals surface area contributed by atoms with Crippen LogP contribution in [0.1, 0.15) is 36.8 Å². The van der Waals surface area contributed by atoms with Crippen LogP contribution in [0.5, 0.6) is 5.75 Å². The first-order valence-corrected chi connectivity index (χ1v) is 9.40. The molecule has 5 nitrogen and oxygen atoms in total. The van der Waals surface area contributed by atoms with Gasteiger partial charge < -0.3 is 13.8 Å². The average molecular weight is 373 g/mol. The molecular weight excluding hydrogens is 350 g/mol. The molecule has 0 fully saturated rings. The van der Waals surface area contributed by atoms with Crippen molar-refractivity contribution in [3.63, 3.8) is 0 Å². The molecule has 2 aromatic carbocycles. The molecule has 0 N–H and O–H groups in total. The Balaban J connectivity index is 1.47. The molecule has 4 rings (SSSR count). The Labute approximate surface area is 164 Å². The Morgan fingerprint density at radius 1 is 1.04 bits per heavy atom. The van der Waals surface area contributed by atoms with Crippen molar-refractivity contribution in [2.24, 2.45) is 0 Å². The molecule has 0 aliphatic carbocycles. The van der Waals surface area contributed by atoms with E-state index in [0.717, 1.165) is 22.6 Å². The Morgan fingerprint density at radius 2 is 1.79 bits per heavy atom. The van der Waals surface area contributed by atoms with Gasteiger partial charge in [0.2, 0.25) is 5.82 Å². The van der Waals surface area contributed by atoms with E-state index in [-0.39, 0.29) is 6.61 Å². The summed E-state index contributed by atoms with van der Waals surface area (Å²) in [6.45, 7) is 6.61. The third-order valence-corrected chi connectivity index (χ3v) is 4.64. The van der Waals surface area contributed by atoms with E-state index in [9.17, 15) is 0 Å². The molecule has 0 saturated heterocycles. The lowest BCUT2D eigenvalue weighted by molar-refractivity contribution is 0.240. The van der Waals surface area contributed by atoms with Gasteiger partial charge in [-0.2, -0.15) is 4.98 Å². The van der Waals surface area contributed by atoms with Gasteiger partial charge in [-0.25, -0.2) is 0 Å². The number of hydrogen-bond acceptors (Lipinski definition) is 4. The van der Waals surface area contributed by atoms with Crippen LogP contribution < -0.4 is 4.74 Å². The molecule has 142 valence electrons. The van der Waals surface area contributed by atoms with Crippen LogP contribution in [0, 0.1) is 6.92 Å². The van der Waals surface area contributed by atoms with E-state index in [1.165, 1.54) is 5.56 Å². The normalized spacial score (nSPS) is 11.1. The quantitative estimate of drug-likeness (QED) is 0.445. The zero-order chi connectivity index (χ0) is 19.5. The van der Waals surface area contributed by atoms with E-state index in [1.54, 1.807) is 0 Å². The maximum Gasteiger partial charge on any atom is 0.264 e. The van der Waals surface area contributed by atoms with Gasteiger partial charge in [0.15, 0.2) is 6.61 Å². The summed E-state index contributed by atoms with van der Waals surface area (Å²) in [6, 6.07) is 18.3. The highest BCUT2D eigenvalue weighted by molar-refractivity contribution is 5.56. The Bertz CT molecular complexity index is 1050. The summed E-state index contributed by atoms with van der Waals surface area (Å²) in [5, 5.41) is 4.09. The third kappa shape index (κ3) is 3.83. The van der Waals surface area contributed by atoms with Gasteiger partial charge in [0, 0.05) is 23.6 Å². The molecule has 28 heavy (non-hydrogen) atoms. The van der Waals surface area contributed by atoms with Gasteiger partial charge in [-0.3, -0.25) is 0 Å². The van der Waals surface area contributed by atoms with Crippen LogP contribution in [-0.4, -0.2) is 14.7 Å². The minimum absolute atomic E-state index is 0.248. The summed E-state index contributed by atoms with van der Waals surface area (Å²) in [4.78, 5) is 4.48. The first-order valence-electron chi connectivity index (χ1n) is 9.40. The summed E-state index contributed by atoms with van der Waals surface area (Å²) in [5.74, 6) is 2.27. The maximum atomic E-state index is 5.98. The standard InChI is InChI=1S/C23H23N3O2/c1-16(2)20-11-6-17(3)14-21(20)27-15-22-24-23(25-28-22)18-7-9-19(10-8-18)26-12-4-5-13-26/h4-14,16H,15H2,1-3H3. The van der Waals surface area contributed by atoms with Crippen molar-refractivity contribution in [2.75, 3.05) is 0 Å². The minimum atomic E-state index is 0.248. The van der Waals surface area contributed by atoms with Crippen LogP contribution in [0.25, 0.3) is 17.1 Å². The van der Waals surface area contributed by atoms with Crippen LogP contribution in [0.15, 0.2) is 71.5 Å². The van der Waals surface area contributed by atoms with Crippen molar-refractivity contribution in [1.29, 1.82) is 0 Å². The lowest BCUT2D eigenvalue weighted by Gasteiger charge is -2.13. The number of aromatic nitrogens is 3. The average Bonchev–Trinajstić information content (AvgIpc) is 3.38. The molecule has 0 bridgehead atoms. The van der Waals surface area contributed by atoms with Gasteiger partial charge in [0.25, 0.3) is 5.89 Å². The largest absolute Gasteiger partial charge is 0.483 e. The predicted octanol–water partition coefficient (Wildman–Crippen LogP) is 5.54. The van der Waals surface area contributed by atoms with Crippen molar-refractivity contribution >= 4 is 0 Å². The molecule has 0 unspecified atom stereocenters. The number of hydrogen-bond donors (Lipinski definition) is 0. The van der Waals surface area contributed by atoms with Gasteiger partial charge in [0.05, 0.1) is 0 Å². The van der Waals surface area contributed by atoms with Crippen LogP contribution in [0.4, 0.5) is 0 Å². The second-order valence-corrected chi connectivity index (χ2v) is 7.13. The van der Waals surface area contributed by atoms with Crippen LogP contribution in [-0.2, 0) is 6.61 Å². The topological polar surface area (TPSA) is 53.1 Å². The van der Waals surface area contributed by atoms with Crippen molar-refractivity contribution in [1.82, 2.24) is 14.7 Å². The second-order valence-electron chi connectivity index (χ2n) is 7.13. The number of rotatable bonds is 6. The van der Waals surface area contributed by atoms with Gasteiger partial charge in [0.1, 0.15) is 5.75 Å². The third-order valence-electron chi connectivity index (χ3n) is 4.64. The summed E-state index contributed by atoms with van der Waals surface area (Å²) in [6.07, 6.45) is 4.02. The molecule has 0 spiro atoms. The fourth-order valence-corrected chi connectivity index (χ4v) is 3.10. The molecular formula is C23H23N3O2. The van der Waals surface area contributed by atoms with Gasteiger partial charge in [-0.15, -0.1) is 0 Å². The van der Waals surface area contributed by atoms with Gasteiger partial charge in [-0.1, -0.05) is 31.1 Å². The fourth-order valence-electron chi connectivity index (χ4n) is 3.10. The van der Waals surface area contributed by atoms with E-state index in [0.29, 0.717) is 17.6 Å². The Morgan fingerprint density at radius 3 is 2.50 bits per heavy atom. The second kappa shape index (κ2) is 7.72. The summed E-state index contributed by atoms with van der Waals surface area (Å²) >= 11 is 0. The van der Waals surface area contributed by atoms with E-state index < -0.39 is 0 Å². The highest BCUT2D eigenvalue weighted by Crippen LogP contribution is 2.28. The van der Waals surface area contributed by atoms with E-state index in [4.69, 9.17) is 9.26 Å². The molecule has 0 radical (unpaired) electrons. The van der Waals surface area contributed by atoms with Crippen LogP contribution >= 0.6 is 0 Å². The van der Waals surface area contributed by atoms with Crippen molar-refractivity contribution in [3.8, 4) is 22.8 Å². The van der Waals surface area contributed by atoms with E-state index in [1.807, 2.05) is 59.4 Å². The molecule has 0 atom stereocenters. The minimum Gasteiger partial charge on any atom is -0.483 e. The smallest absolute Gasteiger partial charge is 0.264 e. The lowest BCUT2D eigenvalue weighted by atomic mass is 10.0. The van der Waals surface area contributed by atoms with Crippen molar-refractivity contribution in [3.05, 3.63) is 84.0 Å². The number of ether oxygens (including phenoxy) is 1. The van der Waals surface area contributed by atoms with Crippen molar-refractivity contribution < 1.29 is 9.26 Å². The van der Waals surface area contributed by atoms with Crippen molar-refractivity contribution in [2.45, 2.75) is 33.3 Å².